The molecular formula is C8H15N3O. The molecule has 0 radical (unpaired) electrons. The number of aromatic nitrogens is 2. The summed E-state index contributed by atoms with van der Waals surface area (Å²) in [5, 5.41) is 7.32. The van der Waals surface area contributed by atoms with E-state index in [4.69, 9.17) is 4.74 Å². The molecular weight excluding hydrogens is 154 g/mol. The lowest BCUT2D eigenvalue weighted by Crippen LogP contribution is -2.15. The summed E-state index contributed by atoms with van der Waals surface area (Å²) in [5.74, 6) is 0.846. The number of ether oxygens (including phenoxy) is 1. The molecule has 0 amide bonds. The van der Waals surface area contributed by atoms with Crippen LogP contribution in [0.5, 0.6) is 5.75 Å². The van der Waals surface area contributed by atoms with Crippen molar-refractivity contribution in [1.29, 1.82) is 0 Å². The second-order valence-electron chi connectivity index (χ2n) is 2.56. The third kappa shape index (κ3) is 1.76. The van der Waals surface area contributed by atoms with Gasteiger partial charge >= 0.3 is 0 Å². The highest BCUT2D eigenvalue weighted by molar-refractivity contribution is 5.24. The molecule has 1 aromatic heterocycles. The lowest BCUT2D eigenvalue weighted by Gasteiger charge is -2.04. The molecule has 4 nitrogen and oxygen atoms in total. The van der Waals surface area contributed by atoms with Crippen molar-refractivity contribution in [3.8, 4) is 5.75 Å². The van der Waals surface area contributed by atoms with Gasteiger partial charge in [-0.05, 0) is 6.54 Å². The quantitative estimate of drug-likeness (QED) is 0.715. The lowest BCUT2D eigenvalue weighted by molar-refractivity contribution is 0.406. The summed E-state index contributed by atoms with van der Waals surface area (Å²) in [6, 6.07) is 0. The van der Waals surface area contributed by atoms with E-state index < -0.39 is 0 Å². The van der Waals surface area contributed by atoms with E-state index in [0.717, 1.165) is 24.5 Å². The van der Waals surface area contributed by atoms with E-state index in [-0.39, 0.29) is 0 Å². The van der Waals surface area contributed by atoms with Gasteiger partial charge in [0.25, 0.3) is 0 Å². The molecule has 0 saturated carbocycles. The fourth-order valence-corrected chi connectivity index (χ4v) is 1.06. The Hall–Kier alpha value is -1.03. The van der Waals surface area contributed by atoms with Crippen molar-refractivity contribution in [3.05, 3.63) is 11.9 Å². The molecule has 68 valence electrons. The molecule has 1 aromatic rings. The second kappa shape index (κ2) is 4.11. The molecule has 0 bridgehead atoms. The third-order valence-corrected chi connectivity index (χ3v) is 1.79. The average Bonchev–Trinajstić information content (AvgIpc) is 2.43. The molecule has 0 aliphatic rings. The van der Waals surface area contributed by atoms with Crippen LogP contribution in [0.1, 0.15) is 12.6 Å². The smallest absolute Gasteiger partial charge is 0.161 e. The van der Waals surface area contributed by atoms with Crippen LogP contribution in [-0.2, 0) is 13.6 Å². The van der Waals surface area contributed by atoms with Crippen molar-refractivity contribution in [2.24, 2.45) is 7.05 Å². The van der Waals surface area contributed by atoms with Crippen LogP contribution >= 0.6 is 0 Å². The first-order valence-electron chi connectivity index (χ1n) is 4.05. The van der Waals surface area contributed by atoms with Crippen molar-refractivity contribution in [2.45, 2.75) is 13.5 Å². The van der Waals surface area contributed by atoms with Crippen LogP contribution in [0.25, 0.3) is 0 Å². The van der Waals surface area contributed by atoms with Crippen molar-refractivity contribution >= 4 is 0 Å². The number of nitrogens with zero attached hydrogens (tertiary/aromatic N) is 2. The van der Waals surface area contributed by atoms with E-state index in [2.05, 4.69) is 17.3 Å². The predicted octanol–water partition coefficient (Wildman–Crippen LogP) is 0.538. The summed E-state index contributed by atoms with van der Waals surface area (Å²) < 4.78 is 6.96. The Morgan fingerprint density at radius 2 is 2.42 bits per heavy atom. The van der Waals surface area contributed by atoms with Gasteiger partial charge in [0.2, 0.25) is 0 Å². The zero-order chi connectivity index (χ0) is 8.97. The third-order valence-electron chi connectivity index (χ3n) is 1.79. The monoisotopic (exact) mass is 169 g/mol. The maximum atomic E-state index is 5.14. The van der Waals surface area contributed by atoms with Gasteiger partial charge in [0.1, 0.15) is 0 Å². The van der Waals surface area contributed by atoms with Crippen LogP contribution < -0.4 is 10.1 Å². The van der Waals surface area contributed by atoms with Gasteiger partial charge in [-0.3, -0.25) is 4.68 Å². The SMILES string of the molecule is CCNCc1c(OC)cnn1C. The van der Waals surface area contributed by atoms with E-state index >= 15 is 0 Å². The molecule has 1 N–H and O–H groups in total. The fourth-order valence-electron chi connectivity index (χ4n) is 1.06. The minimum atomic E-state index is 0.802. The molecule has 0 saturated heterocycles. The molecule has 0 unspecified atom stereocenters. The van der Waals surface area contributed by atoms with Gasteiger partial charge < -0.3 is 10.1 Å². The molecule has 0 spiro atoms. The van der Waals surface area contributed by atoms with Crippen molar-refractivity contribution < 1.29 is 4.74 Å². The Morgan fingerprint density at radius 1 is 1.67 bits per heavy atom. The predicted molar refractivity (Wildman–Crippen MR) is 47.1 cm³/mol. The Bertz CT molecular complexity index is 244. The van der Waals surface area contributed by atoms with E-state index in [0.29, 0.717) is 0 Å². The first kappa shape index (κ1) is 9.06. The van der Waals surface area contributed by atoms with Crippen LogP contribution in [0, 0.1) is 0 Å². The van der Waals surface area contributed by atoms with Crippen molar-refractivity contribution in [3.63, 3.8) is 0 Å². The van der Waals surface area contributed by atoms with Crippen molar-refractivity contribution in [1.82, 2.24) is 15.1 Å². The van der Waals surface area contributed by atoms with Crippen LogP contribution in [0.4, 0.5) is 0 Å². The number of aryl methyl sites for hydroxylation is 1. The summed E-state index contributed by atoms with van der Waals surface area (Å²) in [6.07, 6.45) is 1.73. The van der Waals surface area contributed by atoms with Gasteiger partial charge in [0.05, 0.1) is 19.0 Å². The highest BCUT2D eigenvalue weighted by atomic mass is 16.5. The van der Waals surface area contributed by atoms with Crippen LogP contribution in [0.2, 0.25) is 0 Å². The topological polar surface area (TPSA) is 39.1 Å². The molecule has 12 heavy (non-hydrogen) atoms. The summed E-state index contributed by atoms with van der Waals surface area (Å²) >= 11 is 0. The Kier molecular flexibility index (Phi) is 3.10. The number of hydrogen-bond acceptors (Lipinski definition) is 3. The van der Waals surface area contributed by atoms with Crippen LogP contribution in [-0.4, -0.2) is 23.4 Å². The highest BCUT2D eigenvalue weighted by Crippen LogP contribution is 2.15. The highest BCUT2D eigenvalue weighted by Gasteiger charge is 2.06. The summed E-state index contributed by atoms with van der Waals surface area (Å²) in [5.41, 5.74) is 1.08. The van der Waals surface area contributed by atoms with Crippen molar-refractivity contribution in [2.75, 3.05) is 13.7 Å². The number of hydrogen-bond donors (Lipinski definition) is 1. The standard InChI is InChI=1S/C8H15N3O/c1-4-9-5-7-8(12-3)6-10-11(7)2/h6,9H,4-5H2,1-3H3. The zero-order valence-electron chi connectivity index (χ0n) is 7.79. The Morgan fingerprint density at radius 3 is 3.00 bits per heavy atom. The maximum absolute atomic E-state index is 5.14. The molecule has 1 rings (SSSR count). The summed E-state index contributed by atoms with van der Waals surface area (Å²) in [6.45, 7) is 3.83. The molecule has 4 heteroatoms. The van der Waals surface area contributed by atoms with E-state index in [1.165, 1.54) is 0 Å². The van der Waals surface area contributed by atoms with Crippen LogP contribution in [0.3, 0.4) is 0 Å². The molecule has 0 aliphatic carbocycles. The first-order valence-corrected chi connectivity index (χ1v) is 4.05. The average molecular weight is 169 g/mol. The fraction of sp³-hybridized carbons (Fsp3) is 0.625. The second-order valence-corrected chi connectivity index (χ2v) is 2.56. The van der Waals surface area contributed by atoms with E-state index in [9.17, 15) is 0 Å². The van der Waals surface area contributed by atoms with E-state index in [1.807, 2.05) is 11.7 Å². The van der Waals surface area contributed by atoms with Gasteiger partial charge in [-0.15, -0.1) is 0 Å². The normalized spacial score (nSPS) is 10.2. The maximum Gasteiger partial charge on any atom is 0.161 e. The molecule has 0 aliphatic heterocycles. The minimum Gasteiger partial charge on any atom is -0.493 e. The first-order chi connectivity index (χ1) is 5.79. The molecule has 0 fully saturated rings. The van der Waals surface area contributed by atoms with Crippen LogP contribution in [0.15, 0.2) is 6.20 Å². The Balaban J connectivity index is 2.72. The Labute approximate surface area is 72.5 Å². The summed E-state index contributed by atoms with van der Waals surface area (Å²) in [7, 11) is 3.57. The summed E-state index contributed by atoms with van der Waals surface area (Å²) in [4.78, 5) is 0. The largest absolute Gasteiger partial charge is 0.493 e. The molecule has 0 aromatic carbocycles. The molecule has 1 heterocycles. The van der Waals surface area contributed by atoms with E-state index in [1.54, 1.807) is 13.3 Å². The minimum absolute atomic E-state index is 0.802. The van der Waals surface area contributed by atoms with Gasteiger partial charge in [-0.2, -0.15) is 5.10 Å². The number of nitrogens with one attached hydrogen (secondary N) is 1. The zero-order valence-corrected chi connectivity index (χ0v) is 7.79. The van der Waals surface area contributed by atoms with Gasteiger partial charge in [0.15, 0.2) is 5.75 Å². The van der Waals surface area contributed by atoms with Gasteiger partial charge in [-0.25, -0.2) is 0 Å². The van der Waals surface area contributed by atoms with Gasteiger partial charge in [0, 0.05) is 13.6 Å². The molecule has 0 atom stereocenters. The number of methoxy groups -OCH3 is 1. The lowest BCUT2D eigenvalue weighted by atomic mass is 10.4. The van der Waals surface area contributed by atoms with Gasteiger partial charge in [-0.1, -0.05) is 6.92 Å². The number of rotatable bonds is 4.